The Morgan fingerprint density at radius 1 is 1.37 bits per heavy atom. The van der Waals surface area contributed by atoms with Crippen molar-refractivity contribution in [1.29, 1.82) is 0 Å². The molecule has 27 heavy (non-hydrogen) atoms. The Kier molecular flexibility index (Phi) is 5.40. The van der Waals surface area contributed by atoms with Crippen LogP contribution in [-0.2, 0) is 0 Å². The Hall–Kier alpha value is -2.95. The maximum atomic E-state index is 13.1. The van der Waals surface area contributed by atoms with Gasteiger partial charge in [-0.1, -0.05) is 19.1 Å². The second kappa shape index (κ2) is 7.74. The van der Waals surface area contributed by atoms with E-state index in [0.29, 0.717) is 11.5 Å². The molecular weight excluding hydrogens is 336 g/mol. The standard InChI is InChI=1S/C22H27N4O/c1-16-8-9-19-21(20(27)11-13-24(3)4)22(23-26(19)17(2)15-16)18-7-6-12-25(5)14-10-18/h6-13,15-16H,14H2,1-5H3/q+1/b13-11+. The topological polar surface area (TPSA) is 41.1 Å². The van der Waals surface area contributed by atoms with E-state index >= 15 is 0 Å². The van der Waals surface area contributed by atoms with Crippen LogP contribution in [-0.4, -0.2) is 58.9 Å². The lowest BCUT2D eigenvalue weighted by Crippen LogP contribution is -2.06. The Morgan fingerprint density at radius 3 is 2.89 bits per heavy atom. The molecule has 0 bridgehead atoms. The van der Waals surface area contributed by atoms with Gasteiger partial charge in [-0.25, -0.2) is 9.26 Å². The number of fused-ring (bicyclic) bond motifs is 1. The van der Waals surface area contributed by atoms with Crippen LogP contribution in [0.15, 0.2) is 42.7 Å². The fraction of sp³-hybridized carbons (Fsp3) is 0.318. The summed E-state index contributed by atoms with van der Waals surface area (Å²) in [5, 5.41) is 4.84. The van der Waals surface area contributed by atoms with Crippen molar-refractivity contribution in [3.63, 3.8) is 0 Å². The zero-order valence-corrected chi connectivity index (χ0v) is 16.7. The molecule has 3 rings (SSSR count). The number of carbonyl (C=O) groups excluding carboxylic acids is 1. The lowest BCUT2D eigenvalue weighted by molar-refractivity contribution is -0.480. The van der Waals surface area contributed by atoms with Gasteiger partial charge in [0.2, 0.25) is 0 Å². The van der Waals surface area contributed by atoms with E-state index < -0.39 is 0 Å². The highest BCUT2D eigenvalue weighted by Crippen LogP contribution is 2.30. The molecule has 0 spiro atoms. The minimum absolute atomic E-state index is 0.0390. The number of allylic oxidation sites excluding steroid dienone is 7. The van der Waals surface area contributed by atoms with Crippen molar-refractivity contribution in [3.8, 4) is 0 Å². The fourth-order valence-corrected chi connectivity index (χ4v) is 3.19. The predicted octanol–water partition coefficient (Wildman–Crippen LogP) is 3.33. The SMILES string of the molecule is CC1=CC(C)C=Cc2c(C(=O)/C=C/N(C)C)c(C3=CC[N+](C)=CC=C3)nn21. The summed E-state index contributed by atoms with van der Waals surface area (Å²) in [5.41, 5.74) is 4.21. The maximum absolute atomic E-state index is 13.1. The average Bonchev–Trinajstić information content (AvgIpc) is 2.77. The van der Waals surface area contributed by atoms with E-state index in [-0.39, 0.29) is 5.78 Å². The molecule has 0 saturated heterocycles. The quantitative estimate of drug-likeness (QED) is 0.468. The number of aromatic nitrogens is 2. The van der Waals surface area contributed by atoms with Crippen LogP contribution in [0.3, 0.4) is 0 Å². The van der Waals surface area contributed by atoms with Gasteiger partial charge in [0.05, 0.1) is 11.3 Å². The van der Waals surface area contributed by atoms with Crippen molar-refractivity contribution in [3.05, 3.63) is 59.6 Å². The Balaban J connectivity index is 2.18. The fourth-order valence-electron chi connectivity index (χ4n) is 3.19. The van der Waals surface area contributed by atoms with Crippen LogP contribution in [0, 0.1) is 5.92 Å². The van der Waals surface area contributed by atoms with Gasteiger partial charge in [-0.3, -0.25) is 4.79 Å². The Morgan fingerprint density at radius 2 is 2.15 bits per heavy atom. The van der Waals surface area contributed by atoms with Crippen LogP contribution in [0.2, 0.25) is 0 Å². The molecule has 0 saturated carbocycles. The van der Waals surface area contributed by atoms with Gasteiger partial charge in [0.1, 0.15) is 12.7 Å². The second-order valence-electron chi connectivity index (χ2n) is 7.30. The van der Waals surface area contributed by atoms with Gasteiger partial charge in [-0.2, -0.15) is 5.10 Å². The van der Waals surface area contributed by atoms with Crippen molar-refractivity contribution >= 4 is 29.3 Å². The van der Waals surface area contributed by atoms with Crippen LogP contribution >= 0.6 is 0 Å². The number of ketones is 1. The second-order valence-corrected chi connectivity index (χ2v) is 7.30. The Labute approximate surface area is 161 Å². The van der Waals surface area contributed by atoms with Crippen molar-refractivity contribution < 1.29 is 9.37 Å². The molecule has 1 atom stereocenters. The first-order chi connectivity index (χ1) is 12.9. The van der Waals surface area contributed by atoms with Crippen LogP contribution in [0.1, 0.15) is 35.6 Å². The maximum Gasteiger partial charge on any atom is 0.191 e. The van der Waals surface area contributed by atoms with Crippen LogP contribution in [0.4, 0.5) is 0 Å². The van der Waals surface area contributed by atoms with Gasteiger partial charge >= 0.3 is 0 Å². The van der Waals surface area contributed by atoms with Gasteiger partial charge in [0, 0.05) is 43.7 Å². The summed E-state index contributed by atoms with van der Waals surface area (Å²) in [6.45, 7) is 4.93. The highest BCUT2D eigenvalue weighted by atomic mass is 16.1. The lowest BCUT2D eigenvalue weighted by atomic mass is 10.0. The lowest BCUT2D eigenvalue weighted by Gasteiger charge is -2.05. The van der Waals surface area contributed by atoms with Gasteiger partial charge in [0.15, 0.2) is 18.5 Å². The number of likely N-dealkylation sites (N-methyl/N-ethyl adjacent to an activating group) is 1. The number of hydrogen-bond donors (Lipinski definition) is 0. The zero-order chi connectivity index (χ0) is 19.6. The van der Waals surface area contributed by atoms with E-state index in [1.807, 2.05) is 62.1 Å². The molecule has 0 radical (unpaired) electrons. The summed E-state index contributed by atoms with van der Waals surface area (Å²) < 4.78 is 3.98. The molecule has 0 aliphatic carbocycles. The van der Waals surface area contributed by atoms with E-state index in [1.54, 1.807) is 12.3 Å². The molecule has 0 amide bonds. The van der Waals surface area contributed by atoms with Crippen molar-refractivity contribution in [2.75, 3.05) is 27.7 Å². The molecule has 1 aromatic rings. The molecule has 1 aromatic heterocycles. The highest BCUT2D eigenvalue weighted by molar-refractivity contribution is 6.10. The minimum atomic E-state index is -0.0390. The van der Waals surface area contributed by atoms with Gasteiger partial charge in [-0.05, 0) is 31.1 Å². The smallest absolute Gasteiger partial charge is 0.191 e. The monoisotopic (exact) mass is 363 g/mol. The largest absolute Gasteiger partial charge is 0.383 e. The van der Waals surface area contributed by atoms with E-state index in [2.05, 4.69) is 29.7 Å². The third kappa shape index (κ3) is 4.08. The minimum Gasteiger partial charge on any atom is -0.383 e. The van der Waals surface area contributed by atoms with Crippen molar-refractivity contribution in [1.82, 2.24) is 14.7 Å². The molecule has 2 aliphatic rings. The third-order valence-corrected chi connectivity index (χ3v) is 4.58. The van der Waals surface area contributed by atoms with E-state index in [1.165, 1.54) is 0 Å². The number of hydrogen-bond acceptors (Lipinski definition) is 3. The third-order valence-electron chi connectivity index (χ3n) is 4.58. The molecule has 0 fully saturated rings. The summed E-state index contributed by atoms with van der Waals surface area (Å²) >= 11 is 0. The number of carbonyl (C=O) groups is 1. The number of rotatable bonds is 4. The van der Waals surface area contributed by atoms with Crippen LogP contribution in [0.25, 0.3) is 17.3 Å². The molecule has 0 aromatic carbocycles. The summed E-state index contributed by atoms with van der Waals surface area (Å²) in [5.74, 6) is 0.262. The first kappa shape index (κ1) is 18.8. The van der Waals surface area contributed by atoms with Gasteiger partial charge < -0.3 is 4.90 Å². The predicted molar refractivity (Wildman–Crippen MR) is 112 cm³/mol. The molecule has 5 nitrogen and oxygen atoms in total. The molecule has 0 N–H and O–H groups in total. The highest BCUT2D eigenvalue weighted by Gasteiger charge is 2.25. The zero-order valence-electron chi connectivity index (χ0n) is 16.7. The summed E-state index contributed by atoms with van der Waals surface area (Å²) in [7, 11) is 5.83. The first-order valence-electron chi connectivity index (χ1n) is 9.18. The normalized spacial score (nSPS) is 19.1. The average molecular weight is 363 g/mol. The molecule has 140 valence electrons. The summed E-state index contributed by atoms with van der Waals surface area (Å²) in [6.07, 6.45) is 17.8. The molecule has 5 heteroatoms. The number of nitrogens with zero attached hydrogens (tertiary/aromatic N) is 4. The molecule has 3 heterocycles. The van der Waals surface area contributed by atoms with E-state index in [0.717, 1.165) is 29.2 Å². The van der Waals surface area contributed by atoms with Crippen molar-refractivity contribution in [2.24, 2.45) is 5.92 Å². The van der Waals surface area contributed by atoms with Crippen LogP contribution < -0.4 is 0 Å². The van der Waals surface area contributed by atoms with Crippen molar-refractivity contribution in [2.45, 2.75) is 13.8 Å². The van der Waals surface area contributed by atoms with Gasteiger partial charge in [-0.15, -0.1) is 0 Å². The Bertz CT molecular complexity index is 936. The molecule has 1 unspecified atom stereocenters. The molecular formula is C22H27N4O+. The first-order valence-corrected chi connectivity index (χ1v) is 9.18. The van der Waals surface area contributed by atoms with E-state index in [9.17, 15) is 4.79 Å². The van der Waals surface area contributed by atoms with Crippen LogP contribution in [0.5, 0.6) is 0 Å². The summed E-state index contributed by atoms with van der Waals surface area (Å²) in [4.78, 5) is 15.0. The van der Waals surface area contributed by atoms with Gasteiger partial charge in [0.25, 0.3) is 0 Å². The molecule has 2 aliphatic heterocycles. The summed E-state index contributed by atoms with van der Waals surface area (Å²) in [6, 6.07) is 0. The van der Waals surface area contributed by atoms with E-state index in [4.69, 9.17) is 5.10 Å².